The van der Waals surface area contributed by atoms with Crippen LogP contribution in [0.5, 0.6) is 0 Å². The topological polar surface area (TPSA) is 96.3 Å². The molecule has 1 aliphatic carbocycles. The number of hydrogen-bond donors (Lipinski definition) is 2. The van der Waals surface area contributed by atoms with E-state index in [0.717, 1.165) is 5.56 Å². The summed E-state index contributed by atoms with van der Waals surface area (Å²) in [7, 11) is 0. The molecular formula is C27H37F2NO6. The molecule has 36 heavy (non-hydrogen) atoms. The third-order valence-corrected chi connectivity index (χ3v) is 7.51. The highest BCUT2D eigenvalue weighted by atomic mass is 19.3. The number of benzene rings is 1. The summed E-state index contributed by atoms with van der Waals surface area (Å²) in [5, 5.41) is 20.8. The van der Waals surface area contributed by atoms with Crippen LogP contribution in [0.15, 0.2) is 36.1 Å². The standard InChI is InChI=1S/C27H37F2NO6/c1-16-14-20(35-24(28)29)12-13-27(16,5)22(31)21-11-10-19(30(21)25(34)36-26(2,3)4)15-17-6-8-18(9-7-17)23(32)33/h6-9,12,16,19,21-22,24,31H,10-11,13-15H2,1-5H3,(H,32,33). The van der Waals surface area contributed by atoms with Crippen LogP contribution in [0.4, 0.5) is 13.6 Å². The van der Waals surface area contributed by atoms with Crippen LogP contribution in [0, 0.1) is 11.3 Å². The Bertz CT molecular complexity index is 973. The maximum Gasteiger partial charge on any atom is 0.410 e. The lowest BCUT2D eigenvalue weighted by Gasteiger charge is -2.46. The van der Waals surface area contributed by atoms with Crippen molar-refractivity contribution in [1.82, 2.24) is 4.90 Å². The van der Waals surface area contributed by atoms with Crippen LogP contribution in [-0.4, -0.2) is 57.6 Å². The second kappa shape index (κ2) is 10.7. The number of aliphatic hydroxyl groups excluding tert-OH is 1. The number of carbonyl (C=O) groups is 2. The van der Waals surface area contributed by atoms with Crippen molar-refractivity contribution in [2.24, 2.45) is 11.3 Å². The number of amides is 1. The van der Waals surface area contributed by atoms with Gasteiger partial charge in [0.2, 0.25) is 0 Å². The Balaban J connectivity index is 1.85. The van der Waals surface area contributed by atoms with Gasteiger partial charge < -0.3 is 19.7 Å². The highest BCUT2D eigenvalue weighted by Gasteiger charge is 2.50. The molecule has 200 valence electrons. The Kier molecular flexibility index (Phi) is 8.33. The minimum atomic E-state index is -2.89. The van der Waals surface area contributed by atoms with E-state index in [0.29, 0.717) is 25.7 Å². The number of ether oxygens (including phenoxy) is 2. The number of allylic oxidation sites excluding steroid dienone is 2. The molecule has 1 amide bonds. The Morgan fingerprint density at radius 2 is 1.83 bits per heavy atom. The summed E-state index contributed by atoms with van der Waals surface area (Å²) in [5.74, 6) is -0.943. The normalized spacial score (nSPS) is 27.5. The Morgan fingerprint density at radius 1 is 1.19 bits per heavy atom. The zero-order valence-electron chi connectivity index (χ0n) is 21.5. The molecule has 3 rings (SSSR count). The summed E-state index contributed by atoms with van der Waals surface area (Å²) < 4.78 is 35.7. The number of aliphatic hydroxyl groups is 1. The van der Waals surface area contributed by atoms with E-state index in [-0.39, 0.29) is 29.7 Å². The summed E-state index contributed by atoms with van der Waals surface area (Å²) in [5.41, 5.74) is -0.319. The van der Waals surface area contributed by atoms with Gasteiger partial charge in [0.1, 0.15) is 5.60 Å². The van der Waals surface area contributed by atoms with Crippen LogP contribution < -0.4 is 0 Å². The van der Waals surface area contributed by atoms with Gasteiger partial charge in [-0.1, -0.05) is 26.0 Å². The number of halogens is 2. The third kappa shape index (κ3) is 6.35. The molecule has 0 bridgehead atoms. The molecule has 1 aromatic carbocycles. The molecule has 0 aromatic heterocycles. The quantitative estimate of drug-likeness (QED) is 0.496. The second-order valence-electron chi connectivity index (χ2n) is 11.2. The number of carbonyl (C=O) groups excluding carboxylic acids is 1. The Morgan fingerprint density at radius 3 is 2.36 bits per heavy atom. The van der Waals surface area contributed by atoms with Gasteiger partial charge in [-0.3, -0.25) is 4.90 Å². The van der Waals surface area contributed by atoms with Crippen molar-refractivity contribution < 1.29 is 38.1 Å². The summed E-state index contributed by atoms with van der Waals surface area (Å²) in [4.78, 5) is 26.2. The number of hydrogen-bond acceptors (Lipinski definition) is 5. The molecule has 1 saturated heterocycles. The first-order valence-corrected chi connectivity index (χ1v) is 12.4. The number of nitrogens with zero attached hydrogens (tertiary/aromatic N) is 1. The molecule has 7 nitrogen and oxygen atoms in total. The number of carboxylic acids is 1. The van der Waals surface area contributed by atoms with Crippen molar-refractivity contribution >= 4 is 12.1 Å². The largest absolute Gasteiger partial charge is 0.478 e. The van der Waals surface area contributed by atoms with Gasteiger partial charge in [-0.05, 0) is 76.1 Å². The number of alkyl halides is 2. The number of carboxylic acid groups (broad SMARTS) is 1. The average Bonchev–Trinajstić information content (AvgIpc) is 3.18. The second-order valence-corrected chi connectivity index (χ2v) is 11.2. The van der Waals surface area contributed by atoms with Crippen LogP contribution in [0.2, 0.25) is 0 Å². The lowest BCUT2D eigenvalue weighted by molar-refractivity contribution is -0.112. The van der Waals surface area contributed by atoms with E-state index >= 15 is 0 Å². The fraction of sp³-hybridized carbons (Fsp3) is 0.630. The van der Waals surface area contributed by atoms with Crippen LogP contribution in [0.1, 0.15) is 76.2 Å². The van der Waals surface area contributed by atoms with Crippen molar-refractivity contribution in [1.29, 1.82) is 0 Å². The van der Waals surface area contributed by atoms with E-state index in [1.807, 2.05) is 13.8 Å². The highest BCUT2D eigenvalue weighted by molar-refractivity contribution is 5.87. The molecule has 2 N–H and O–H groups in total. The molecule has 0 spiro atoms. The molecular weight excluding hydrogens is 472 g/mol. The van der Waals surface area contributed by atoms with Gasteiger partial charge in [0.15, 0.2) is 0 Å². The van der Waals surface area contributed by atoms with E-state index in [4.69, 9.17) is 9.84 Å². The number of aromatic carboxylic acids is 1. The van der Waals surface area contributed by atoms with Crippen LogP contribution in [0.25, 0.3) is 0 Å². The van der Waals surface area contributed by atoms with E-state index in [2.05, 4.69) is 4.74 Å². The lowest BCUT2D eigenvalue weighted by atomic mass is 9.65. The third-order valence-electron chi connectivity index (χ3n) is 7.51. The predicted octanol–water partition coefficient (Wildman–Crippen LogP) is 5.62. The summed E-state index contributed by atoms with van der Waals surface area (Å²) in [6, 6.07) is 5.79. The van der Waals surface area contributed by atoms with Gasteiger partial charge in [-0.25, -0.2) is 9.59 Å². The number of likely N-dealkylation sites (tertiary alicyclic amines) is 1. The Hall–Kier alpha value is -2.68. The van der Waals surface area contributed by atoms with Crippen molar-refractivity contribution in [3.8, 4) is 0 Å². The smallest absolute Gasteiger partial charge is 0.410 e. The fourth-order valence-electron chi connectivity index (χ4n) is 5.29. The fourth-order valence-corrected chi connectivity index (χ4v) is 5.29. The predicted molar refractivity (Wildman–Crippen MR) is 130 cm³/mol. The maximum absolute atomic E-state index is 13.4. The summed E-state index contributed by atoms with van der Waals surface area (Å²) in [6.45, 7) is 6.28. The maximum atomic E-state index is 13.4. The zero-order valence-corrected chi connectivity index (χ0v) is 21.5. The molecule has 1 aliphatic heterocycles. The van der Waals surface area contributed by atoms with Gasteiger partial charge in [-0.15, -0.1) is 0 Å². The molecule has 0 saturated carbocycles. The molecule has 9 heteroatoms. The van der Waals surface area contributed by atoms with Crippen molar-refractivity contribution in [3.63, 3.8) is 0 Å². The van der Waals surface area contributed by atoms with Crippen molar-refractivity contribution in [2.75, 3.05) is 0 Å². The van der Waals surface area contributed by atoms with E-state index in [9.17, 15) is 23.5 Å². The Labute approximate surface area is 211 Å². The molecule has 1 fully saturated rings. The lowest BCUT2D eigenvalue weighted by Crippen LogP contribution is -2.55. The monoisotopic (exact) mass is 509 g/mol. The summed E-state index contributed by atoms with van der Waals surface area (Å²) in [6.07, 6.45) is 2.49. The van der Waals surface area contributed by atoms with Crippen LogP contribution >= 0.6 is 0 Å². The van der Waals surface area contributed by atoms with Crippen LogP contribution in [0.3, 0.4) is 0 Å². The summed E-state index contributed by atoms with van der Waals surface area (Å²) >= 11 is 0. The molecule has 0 radical (unpaired) electrons. The number of rotatable bonds is 7. The van der Waals surface area contributed by atoms with Gasteiger partial charge in [0.05, 0.1) is 23.5 Å². The molecule has 1 heterocycles. The van der Waals surface area contributed by atoms with Gasteiger partial charge in [-0.2, -0.15) is 8.78 Å². The first kappa shape index (κ1) is 27.9. The average molecular weight is 510 g/mol. The molecule has 5 atom stereocenters. The highest BCUT2D eigenvalue weighted by Crippen LogP contribution is 2.47. The van der Waals surface area contributed by atoms with Crippen molar-refractivity contribution in [2.45, 2.75) is 97.1 Å². The SMILES string of the molecule is CC1CC(OC(F)F)=CCC1(C)C(O)C1CCC(Cc2ccc(C(=O)O)cc2)N1C(=O)OC(C)(C)C. The van der Waals surface area contributed by atoms with Gasteiger partial charge in [0, 0.05) is 17.9 Å². The van der Waals surface area contributed by atoms with Crippen LogP contribution in [-0.2, 0) is 15.9 Å². The molecule has 2 aliphatic rings. The molecule has 5 unspecified atom stereocenters. The van der Waals surface area contributed by atoms with E-state index in [1.165, 1.54) is 12.1 Å². The van der Waals surface area contributed by atoms with Gasteiger partial charge >= 0.3 is 18.7 Å². The van der Waals surface area contributed by atoms with E-state index < -0.39 is 41.8 Å². The minimum absolute atomic E-state index is 0.158. The van der Waals surface area contributed by atoms with E-state index in [1.54, 1.807) is 43.9 Å². The first-order chi connectivity index (χ1) is 16.7. The molecule has 1 aromatic rings. The van der Waals surface area contributed by atoms with Gasteiger partial charge in [0.25, 0.3) is 0 Å². The minimum Gasteiger partial charge on any atom is -0.478 e. The first-order valence-electron chi connectivity index (χ1n) is 12.4. The zero-order chi connectivity index (χ0) is 26.8. The van der Waals surface area contributed by atoms with Crippen molar-refractivity contribution in [3.05, 3.63) is 47.2 Å².